The molecule has 0 spiro atoms. The first kappa shape index (κ1) is 21.5. The molecule has 0 aliphatic carbocycles. The lowest BCUT2D eigenvalue weighted by molar-refractivity contribution is 0.185. The highest BCUT2D eigenvalue weighted by atomic mass is 35.5. The normalized spacial score (nSPS) is 16.6. The summed E-state index contributed by atoms with van der Waals surface area (Å²) >= 11 is 0. The fraction of sp³-hybridized carbons (Fsp3) is 0.368. The highest BCUT2D eigenvalue weighted by Gasteiger charge is 2.24. The molecule has 0 radical (unpaired) electrons. The number of nitrogens with one attached hydrogen (secondary N) is 2. The van der Waals surface area contributed by atoms with Gasteiger partial charge in [-0.05, 0) is 42.8 Å². The molecule has 6 nitrogen and oxygen atoms in total. The molecule has 3 rings (SSSR count). The molecule has 1 atom stereocenters. The summed E-state index contributed by atoms with van der Waals surface area (Å²) in [7, 11) is -0.527. The van der Waals surface area contributed by atoms with E-state index in [1.54, 1.807) is 44.6 Å². The van der Waals surface area contributed by atoms with E-state index in [2.05, 4.69) is 10.0 Å². The van der Waals surface area contributed by atoms with Crippen LogP contribution in [0.1, 0.15) is 23.5 Å². The topological polar surface area (TPSA) is 76.7 Å². The van der Waals surface area contributed by atoms with E-state index in [1.807, 2.05) is 12.1 Å². The second-order valence-corrected chi connectivity index (χ2v) is 7.97. The summed E-state index contributed by atoms with van der Waals surface area (Å²) in [6.45, 7) is 2.08. The molecule has 2 aromatic rings. The van der Waals surface area contributed by atoms with Crippen LogP contribution in [-0.4, -0.2) is 35.7 Å². The molecule has 2 aromatic carbocycles. The quantitative estimate of drug-likeness (QED) is 0.730. The van der Waals surface area contributed by atoms with Crippen molar-refractivity contribution >= 4 is 28.1 Å². The first-order valence-electron chi connectivity index (χ1n) is 8.53. The molecule has 8 heteroatoms. The summed E-state index contributed by atoms with van der Waals surface area (Å²) in [6, 6.07) is 12.2. The summed E-state index contributed by atoms with van der Waals surface area (Å²) < 4.78 is 39.1. The highest BCUT2D eigenvalue weighted by Crippen LogP contribution is 2.33. The van der Waals surface area contributed by atoms with E-state index in [4.69, 9.17) is 9.47 Å². The second-order valence-electron chi connectivity index (χ2n) is 6.29. The summed E-state index contributed by atoms with van der Waals surface area (Å²) in [5.41, 5.74) is 2.23. The minimum Gasteiger partial charge on any atom is -0.496 e. The summed E-state index contributed by atoms with van der Waals surface area (Å²) in [5, 5.41) is 3.31. The molecule has 0 bridgehead atoms. The molecular weight excluding hydrogens is 388 g/mol. The predicted octanol–water partition coefficient (Wildman–Crippen LogP) is 3.14. The fourth-order valence-corrected chi connectivity index (χ4v) is 4.36. The molecule has 1 heterocycles. The maximum absolute atomic E-state index is 12.9. The lowest BCUT2D eigenvalue weighted by Gasteiger charge is -2.17. The number of anilines is 1. The van der Waals surface area contributed by atoms with E-state index < -0.39 is 10.0 Å². The zero-order valence-electron chi connectivity index (χ0n) is 15.4. The van der Waals surface area contributed by atoms with Crippen molar-refractivity contribution in [3.05, 3.63) is 53.6 Å². The van der Waals surface area contributed by atoms with Gasteiger partial charge in [0.15, 0.2) is 0 Å². The molecule has 0 amide bonds. The van der Waals surface area contributed by atoms with E-state index in [1.165, 1.54) is 0 Å². The second kappa shape index (κ2) is 9.41. The zero-order chi connectivity index (χ0) is 18.6. The Hall–Kier alpha value is -1.80. The Labute approximate surface area is 166 Å². The molecule has 1 aliphatic rings. The van der Waals surface area contributed by atoms with Crippen molar-refractivity contribution in [3.63, 3.8) is 0 Å². The third kappa shape index (κ3) is 4.93. The first-order valence-corrected chi connectivity index (χ1v) is 10.0. The zero-order valence-corrected chi connectivity index (χ0v) is 17.0. The molecule has 0 saturated carbocycles. The number of sulfonamides is 1. The summed E-state index contributed by atoms with van der Waals surface area (Å²) in [6.07, 6.45) is 0.962. The van der Waals surface area contributed by atoms with E-state index in [0.717, 1.165) is 36.4 Å². The van der Waals surface area contributed by atoms with Gasteiger partial charge in [0.25, 0.3) is 10.0 Å². The van der Waals surface area contributed by atoms with Crippen LogP contribution in [0.25, 0.3) is 0 Å². The monoisotopic (exact) mass is 412 g/mol. The largest absolute Gasteiger partial charge is 0.496 e. The van der Waals surface area contributed by atoms with Crippen LogP contribution in [0.15, 0.2) is 47.4 Å². The van der Waals surface area contributed by atoms with Gasteiger partial charge in [-0.3, -0.25) is 4.72 Å². The van der Waals surface area contributed by atoms with Gasteiger partial charge in [0.1, 0.15) is 5.75 Å². The number of rotatable bonds is 7. The Bertz CT molecular complexity index is 868. The van der Waals surface area contributed by atoms with E-state index in [9.17, 15) is 8.42 Å². The van der Waals surface area contributed by atoms with E-state index in [-0.39, 0.29) is 23.2 Å². The number of para-hydroxylation sites is 1. The lowest BCUT2D eigenvalue weighted by Crippen LogP contribution is -2.15. The van der Waals surface area contributed by atoms with Gasteiger partial charge in [0, 0.05) is 25.1 Å². The van der Waals surface area contributed by atoms with E-state index >= 15 is 0 Å². The number of methoxy groups -OCH3 is 2. The van der Waals surface area contributed by atoms with Crippen LogP contribution in [0.4, 0.5) is 5.69 Å². The Kier molecular flexibility index (Phi) is 7.49. The van der Waals surface area contributed by atoms with Gasteiger partial charge in [-0.1, -0.05) is 18.2 Å². The summed E-state index contributed by atoms with van der Waals surface area (Å²) in [4.78, 5) is 0.229. The van der Waals surface area contributed by atoms with Crippen LogP contribution in [0.3, 0.4) is 0 Å². The van der Waals surface area contributed by atoms with E-state index in [0.29, 0.717) is 12.3 Å². The molecule has 1 saturated heterocycles. The van der Waals surface area contributed by atoms with Crippen LogP contribution in [0.2, 0.25) is 0 Å². The van der Waals surface area contributed by atoms with Gasteiger partial charge < -0.3 is 14.8 Å². The molecule has 148 valence electrons. The van der Waals surface area contributed by atoms with Gasteiger partial charge in [-0.15, -0.1) is 12.4 Å². The van der Waals surface area contributed by atoms with Crippen molar-refractivity contribution in [2.24, 2.45) is 0 Å². The fourth-order valence-electron chi connectivity index (χ4n) is 3.22. The molecule has 0 aromatic heterocycles. The van der Waals surface area contributed by atoms with Crippen molar-refractivity contribution < 1.29 is 17.9 Å². The number of halogens is 1. The lowest BCUT2D eigenvalue weighted by atomic mass is 9.97. The van der Waals surface area contributed by atoms with Crippen molar-refractivity contribution in [2.45, 2.75) is 23.8 Å². The predicted molar refractivity (Wildman–Crippen MR) is 108 cm³/mol. The maximum atomic E-state index is 12.9. The first-order chi connectivity index (χ1) is 12.5. The third-order valence-corrected chi connectivity index (χ3v) is 5.94. The Morgan fingerprint density at radius 3 is 2.63 bits per heavy atom. The van der Waals surface area contributed by atoms with Crippen LogP contribution >= 0.6 is 12.4 Å². The van der Waals surface area contributed by atoms with Crippen molar-refractivity contribution in [2.75, 3.05) is 32.0 Å². The van der Waals surface area contributed by atoms with Crippen molar-refractivity contribution in [1.29, 1.82) is 0 Å². The van der Waals surface area contributed by atoms with Crippen LogP contribution < -0.4 is 14.8 Å². The Morgan fingerprint density at radius 1 is 1.19 bits per heavy atom. The third-order valence-electron chi connectivity index (χ3n) is 4.57. The smallest absolute Gasteiger partial charge is 0.261 e. The van der Waals surface area contributed by atoms with Crippen molar-refractivity contribution in [3.8, 4) is 5.75 Å². The maximum Gasteiger partial charge on any atom is 0.261 e. The van der Waals surface area contributed by atoms with Gasteiger partial charge in [0.2, 0.25) is 0 Å². The SMILES string of the molecule is COCc1ccccc1NS(=O)(=O)c1ccc(OC)c(C2CCNC2)c1.Cl. The van der Waals surface area contributed by atoms with Gasteiger partial charge >= 0.3 is 0 Å². The van der Waals surface area contributed by atoms with Crippen LogP contribution in [0.5, 0.6) is 5.75 Å². The van der Waals surface area contributed by atoms with Crippen LogP contribution in [0, 0.1) is 0 Å². The van der Waals surface area contributed by atoms with Gasteiger partial charge in [-0.2, -0.15) is 0 Å². The number of ether oxygens (including phenoxy) is 2. The molecule has 1 unspecified atom stereocenters. The molecule has 27 heavy (non-hydrogen) atoms. The Morgan fingerprint density at radius 2 is 1.96 bits per heavy atom. The Balaban J connectivity index is 0.00000261. The average Bonchev–Trinajstić information content (AvgIpc) is 3.17. The average molecular weight is 413 g/mol. The van der Waals surface area contributed by atoms with Crippen LogP contribution in [-0.2, 0) is 21.4 Å². The minimum atomic E-state index is -3.71. The minimum absolute atomic E-state index is 0. The number of benzene rings is 2. The molecular formula is C19H25ClN2O4S. The summed E-state index contributed by atoms with van der Waals surface area (Å²) in [5.74, 6) is 0.971. The number of hydrogen-bond acceptors (Lipinski definition) is 5. The van der Waals surface area contributed by atoms with Gasteiger partial charge in [-0.25, -0.2) is 8.42 Å². The van der Waals surface area contributed by atoms with Gasteiger partial charge in [0.05, 0.1) is 24.3 Å². The van der Waals surface area contributed by atoms with Crippen molar-refractivity contribution in [1.82, 2.24) is 5.32 Å². The highest BCUT2D eigenvalue weighted by molar-refractivity contribution is 7.92. The number of hydrogen-bond donors (Lipinski definition) is 2. The molecule has 1 aliphatic heterocycles. The molecule has 2 N–H and O–H groups in total. The molecule has 1 fully saturated rings. The standard InChI is InChI=1S/C19H24N2O4S.ClH/c1-24-13-15-5-3-4-6-18(15)21-26(22,23)16-7-8-19(25-2)17(11-16)14-9-10-20-12-14;/h3-8,11,14,20-21H,9-10,12-13H2,1-2H3;1H.